The van der Waals surface area contributed by atoms with Crippen molar-refractivity contribution >= 4 is 21.8 Å². The Balaban J connectivity index is 0.00000406. The fourth-order valence-electron chi connectivity index (χ4n) is 7.07. The third kappa shape index (κ3) is 6.32. The van der Waals surface area contributed by atoms with Crippen LogP contribution in [-0.2, 0) is 26.5 Å². The van der Waals surface area contributed by atoms with Gasteiger partial charge in [-0.3, -0.25) is 4.68 Å². The van der Waals surface area contributed by atoms with Crippen LogP contribution in [0, 0.1) is 32.9 Å². The van der Waals surface area contributed by atoms with Gasteiger partial charge in [0.15, 0.2) is 0 Å². The zero-order valence-electron chi connectivity index (χ0n) is 29.6. The molecular weight excluding hydrogens is 808 g/mol. The first-order valence-corrected chi connectivity index (χ1v) is 17.0. The predicted molar refractivity (Wildman–Crippen MR) is 204 cm³/mol. The van der Waals surface area contributed by atoms with Crippen molar-refractivity contribution < 1.29 is 25.8 Å². The summed E-state index contributed by atoms with van der Waals surface area (Å²) in [6.45, 7) is 13.1. The number of rotatable bonds is 6. The molecule has 0 amide bonds. The van der Waals surface area contributed by atoms with E-state index in [0.29, 0.717) is 11.5 Å². The van der Waals surface area contributed by atoms with Crippen LogP contribution in [0.2, 0.25) is 0 Å². The summed E-state index contributed by atoms with van der Waals surface area (Å²) in [6, 6.07) is 44.7. The fraction of sp³-hybridized carbons (Fsp3) is 0.156. The molecule has 0 spiro atoms. The Kier molecular flexibility index (Phi) is 9.03. The van der Waals surface area contributed by atoms with Gasteiger partial charge >= 0.3 is 21.1 Å². The molecule has 0 radical (unpaired) electrons. The second-order valence-corrected chi connectivity index (χ2v) is 14.1. The first-order valence-electron chi connectivity index (χ1n) is 17.0. The molecule has 0 aliphatic rings. The Hall–Kier alpha value is -5.25. The summed E-state index contributed by atoms with van der Waals surface area (Å²) < 4.78 is 10.7. The Bertz CT molecular complexity index is 2520. The molecule has 5 nitrogen and oxygen atoms in total. The minimum absolute atomic E-state index is 0. The molecule has 8 aromatic rings. The van der Waals surface area contributed by atoms with E-state index in [9.17, 15) is 0 Å². The first-order chi connectivity index (χ1) is 24.2. The summed E-state index contributed by atoms with van der Waals surface area (Å²) in [5, 5.41) is 7.17. The van der Waals surface area contributed by atoms with Gasteiger partial charge < -0.3 is 9.30 Å². The summed E-state index contributed by atoms with van der Waals surface area (Å²) in [4.78, 5) is 4.81. The van der Waals surface area contributed by atoms with Gasteiger partial charge in [0.25, 0.3) is 0 Å². The number of nitrogens with zero attached hydrogens (tertiary/aromatic N) is 4. The molecular formula is C45H38N4OPt. The minimum atomic E-state index is -0.0115. The van der Waals surface area contributed by atoms with Crippen LogP contribution in [-0.4, -0.2) is 19.3 Å². The summed E-state index contributed by atoms with van der Waals surface area (Å²) >= 11 is 0. The van der Waals surface area contributed by atoms with Crippen molar-refractivity contribution in [2.45, 2.75) is 47.0 Å². The van der Waals surface area contributed by atoms with Crippen molar-refractivity contribution in [2.24, 2.45) is 0 Å². The molecule has 0 N–H and O–H groups in total. The summed E-state index contributed by atoms with van der Waals surface area (Å²) in [5.74, 6) is 2.03. The van der Waals surface area contributed by atoms with Gasteiger partial charge in [-0.25, -0.2) is 4.98 Å². The van der Waals surface area contributed by atoms with Crippen molar-refractivity contribution in [3.05, 3.63) is 156 Å². The van der Waals surface area contributed by atoms with E-state index in [4.69, 9.17) is 14.8 Å². The predicted octanol–water partition coefficient (Wildman–Crippen LogP) is 11.3. The molecule has 254 valence electrons. The van der Waals surface area contributed by atoms with Gasteiger partial charge in [0.05, 0.1) is 11.9 Å². The van der Waals surface area contributed by atoms with Gasteiger partial charge in [-0.2, -0.15) is 17.2 Å². The zero-order chi connectivity index (χ0) is 34.6. The van der Waals surface area contributed by atoms with Gasteiger partial charge in [0.2, 0.25) is 0 Å². The molecule has 0 aliphatic carbocycles. The number of fused-ring (bicyclic) bond motifs is 3. The van der Waals surface area contributed by atoms with Gasteiger partial charge in [-0.15, -0.1) is 35.7 Å². The van der Waals surface area contributed by atoms with Crippen molar-refractivity contribution in [1.82, 2.24) is 19.3 Å². The van der Waals surface area contributed by atoms with Crippen LogP contribution in [0.15, 0.2) is 122 Å². The number of ether oxygens (including phenoxy) is 1. The van der Waals surface area contributed by atoms with Crippen molar-refractivity contribution in [3.8, 4) is 45.4 Å². The molecule has 0 saturated heterocycles. The summed E-state index contributed by atoms with van der Waals surface area (Å²) in [7, 11) is 0. The number of pyridine rings is 1. The molecule has 6 heteroatoms. The summed E-state index contributed by atoms with van der Waals surface area (Å²) in [6.07, 6.45) is 3.84. The molecule has 5 aromatic carbocycles. The van der Waals surface area contributed by atoms with E-state index in [0.717, 1.165) is 50.1 Å². The van der Waals surface area contributed by atoms with E-state index in [1.54, 1.807) is 0 Å². The number of aryl methyl sites for hydroxylation is 3. The molecule has 0 unspecified atom stereocenters. The Labute approximate surface area is 313 Å². The Morgan fingerprint density at radius 3 is 2.20 bits per heavy atom. The van der Waals surface area contributed by atoms with Crippen molar-refractivity contribution in [3.63, 3.8) is 0 Å². The van der Waals surface area contributed by atoms with Crippen LogP contribution in [0.25, 0.3) is 55.7 Å². The minimum Gasteiger partial charge on any atom is -0.509 e. The number of para-hydroxylation sites is 1. The average molecular weight is 846 g/mol. The second kappa shape index (κ2) is 13.5. The molecule has 51 heavy (non-hydrogen) atoms. The average Bonchev–Trinajstić information content (AvgIpc) is 3.68. The summed E-state index contributed by atoms with van der Waals surface area (Å²) in [5.41, 5.74) is 12.0. The molecule has 3 aromatic heterocycles. The van der Waals surface area contributed by atoms with Gasteiger partial charge in [-0.05, 0) is 77.7 Å². The van der Waals surface area contributed by atoms with E-state index in [1.807, 2.05) is 47.4 Å². The Morgan fingerprint density at radius 2 is 1.43 bits per heavy atom. The molecule has 0 fully saturated rings. The van der Waals surface area contributed by atoms with Crippen molar-refractivity contribution in [2.75, 3.05) is 0 Å². The van der Waals surface area contributed by atoms with E-state index < -0.39 is 0 Å². The van der Waals surface area contributed by atoms with E-state index in [-0.39, 0.29) is 26.5 Å². The van der Waals surface area contributed by atoms with Crippen LogP contribution in [0.4, 0.5) is 0 Å². The standard InChI is InChI=1S/C45H38N4O.Pt/c1-29-23-30(2)43(31(3)24-29)44-39(32-13-8-7-9-14-32)28-47-49(44)34-15-12-16-35(26-34)50-36-19-20-38-37-17-10-11-18-40(37)48(41(38)27-36)42-25-33(21-22-46-42)45(4,5)6;/h7-25,28H,1-6H3;/q-2;+2. The molecule has 0 atom stereocenters. The molecule has 8 rings (SSSR count). The fourth-order valence-corrected chi connectivity index (χ4v) is 7.07. The Morgan fingerprint density at radius 1 is 0.706 bits per heavy atom. The van der Waals surface area contributed by atoms with Crippen molar-refractivity contribution in [1.29, 1.82) is 0 Å². The third-order valence-corrected chi connectivity index (χ3v) is 9.37. The van der Waals surface area contributed by atoms with E-state index in [1.165, 1.54) is 27.8 Å². The third-order valence-electron chi connectivity index (χ3n) is 9.37. The van der Waals surface area contributed by atoms with Crippen LogP contribution in [0.1, 0.15) is 43.0 Å². The SMILES string of the molecule is Cc1cc(C)c(-c2c(-c3ccccc3)cnn2-c2[c-]c(Oc3[c-]c4c(cc3)c3ccccc3n4-c3cc(C(C)(C)C)ccn3)ccc2)c(C)c1.[Pt+2]. The maximum Gasteiger partial charge on any atom is 2.00 e. The molecule has 3 heterocycles. The number of benzene rings is 5. The van der Waals surface area contributed by atoms with E-state index in [2.05, 4.69) is 137 Å². The molecule has 0 bridgehead atoms. The van der Waals surface area contributed by atoms with Crippen LogP contribution in [0.3, 0.4) is 0 Å². The monoisotopic (exact) mass is 845 g/mol. The van der Waals surface area contributed by atoms with Gasteiger partial charge in [-0.1, -0.05) is 92.5 Å². The molecule has 0 aliphatic heterocycles. The number of aromatic nitrogens is 4. The number of hydrogen-bond donors (Lipinski definition) is 0. The molecule has 0 saturated carbocycles. The van der Waals surface area contributed by atoms with Crippen LogP contribution >= 0.6 is 0 Å². The van der Waals surface area contributed by atoms with Crippen LogP contribution < -0.4 is 4.74 Å². The van der Waals surface area contributed by atoms with Crippen LogP contribution in [0.5, 0.6) is 11.5 Å². The maximum atomic E-state index is 6.53. The zero-order valence-corrected chi connectivity index (χ0v) is 31.8. The normalized spacial score (nSPS) is 11.6. The quantitative estimate of drug-likeness (QED) is 0.157. The number of hydrogen-bond acceptors (Lipinski definition) is 3. The van der Waals surface area contributed by atoms with Gasteiger partial charge in [0, 0.05) is 34.3 Å². The van der Waals surface area contributed by atoms with E-state index >= 15 is 0 Å². The maximum absolute atomic E-state index is 6.53. The smallest absolute Gasteiger partial charge is 0.509 e. The largest absolute Gasteiger partial charge is 2.00 e. The van der Waals surface area contributed by atoms with Gasteiger partial charge in [0.1, 0.15) is 5.82 Å². The topological polar surface area (TPSA) is 44.9 Å². The first kappa shape index (κ1) is 34.2. The second-order valence-electron chi connectivity index (χ2n) is 14.1.